The number of hydrogen-bond acceptors (Lipinski definition) is 5. The Morgan fingerprint density at radius 3 is 2.65 bits per heavy atom. The zero-order chi connectivity index (χ0) is 14.5. The Morgan fingerprint density at radius 2 is 2.00 bits per heavy atom. The molecule has 0 unspecified atom stereocenters. The summed E-state index contributed by atoms with van der Waals surface area (Å²) < 4.78 is 0. The topological polar surface area (TPSA) is 109 Å². The third kappa shape index (κ3) is 4.07. The number of aromatic nitrogens is 1. The first kappa shape index (κ1) is 14.5. The van der Waals surface area contributed by atoms with Gasteiger partial charge in [-0.1, -0.05) is 11.6 Å². The first-order valence-corrected chi connectivity index (χ1v) is 6.68. The maximum Gasteiger partial charge on any atom is 0.251 e. The molecule has 1 fully saturated rings. The van der Waals surface area contributed by atoms with Crippen molar-refractivity contribution in [2.24, 2.45) is 11.8 Å². The van der Waals surface area contributed by atoms with Gasteiger partial charge in [-0.2, -0.15) is 0 Å². The number of nitrogens with one attached hydrogen (secondary N) is 3. The third-order valence-corrected chi connectivity index (χ3v) is 3.06. The fourth-order valence-corrected chi connectivity index (χ4v) is 1.86. The highest BCUT2D eigenvalue weighted by atomic mass is 35.5. The SMILES string of the molecule is NNc1cc(C(=O)NCCNC(=O)C2CC2)cc(Cl)n1. The van der Waals surface area contributed by atoms with Gasteiger partial charge in [0.25, 0.3) is 5.91 Å². The maximum absolute atomic E-state index is 11.9. The summed E-state index contributed by atoms with van der Waals surface area (Å²) in [5.74, 6) is 5.46. The monoisotopic (exact) mass is 297 g/mol. The van der Waals surface area contributed by atoms with Gasteiger partial charge in [-0.05, 0) is 25.0 Å². The van der Waals surface area contributed by atoms with Crippen LogP contribution in [0.15, 0.2) is 12.1 Å². The molecule has 108 valence electrons. The van der Waals surface area contributed by atoms with E-state index in [0.29, 0.717) is 24.5 Å². The predicted molar refractivity (Wildman–Crippen MR) is 75.1 cm³/mol. The van der Waals surface area contributed by atoms with Gasteiger partial charge in [0.1, 0.15) is 11.0 Å². The first-order valence-electron chi connectivity index (χ1n) is 6.30. The maximum atomic E-state index is 11.9. The minimum absolute atomic E-state index is 0.0563. The van der Waals surface area contributed by atoms with Gasteiger partial charge in [0.2, 0.25) is 5.91 Å². The number of nitrogens with two attached hydrogens (primary N) is 1. The Balaban J connectivity index is 1.79. The van der Waals surface area contributed by atoms with E-state index < -0.39 is 0 Å². The molecule has 0 aliphatic heterocycles. The summed E-state index contributed by atoms with van der Waals surface area (Å²) in [5.41, 5.74) is 2.69. The van der Waals surface area contributed by atoms with Crippen LogP contribution in [0.4, 0.5) is 5.82 Å². The van der Waals surface area contributed by atoms with Crippen LogP contribution in [0, 0.1) is 5.92 Å². The highest BCUT2D eigenvalue weighted by Gasteiger charge is 2.28. The lowest BCUT2D eigenvalue weighted by molar-refractivity contribution is -0.122. The van der Waals surface area contributed by atoms with E-state index in [1.807, 2.05) is 0 Å². The number of nitrogens with zero attached hydrogens (tertiary/aromatic N) is 1. The molecule has 1 heterocycles. The number of halogens is 1. The van der Waals surface area contributed by atoms with Crippen LogP contribution in [0.2, 0.25) is 5.15 Å². The summed E-state index contributed by atoms with van der Waals surface area (Å²) in [6, 6.07) is 2.94. The highest BCUT2D eigenvalue weighted by Crippen LogP contribution is 2.28. The van der Waals surface area contributed by atoms with Crippen LogP contribution < -0.4 is 21.9 Å². The zero-order valence-corrected chi connectivity index (χ0v) is 11.5. The van der Waals surface area contributed by atoms with Gasteiger partial charge in [0.15, 0.2) is 0 Å². The van der Waals surface area contributed by atoms with Gasteiger partial charge < -0.3 is 16.1 Å². The third-order valence-electron chi connectivity index (χ3n) is 2.86. The van der Waals surface area contributed by atoms with E-state index in [2.05, 4.69) is 21.0 Å². The molecule has 2 rings (SSSR count). The van der Waals surface area contributed by atoms with Crippen molar-refractivity contribution in [3.8, 4) is 0 Å². The normalized spacial score (nSPS) is 13.7. The number of rotatable bonds is 6. The Kier molecular flexibility index (Phi) is 4.75. The Hall–Kier alpha value is -1.86. The van der Waals surface area contributed by atoms with Crippen molar-refractivity contribution < 1.29 is 9.59 Å². The van der Waals surface area contributed by atoms with Crippen molar-refractivity contribution in [2.45, 2.75) is 12.8 Å². The number of hydrazine groups is 1. The van der Waals surface area contributed by atoms with Gasteiger partial charge in [-0.25, -0.2) is 10.8 Å². The van der Waals surface area contributed by atoms with E-state index in [4.69, 9.17) is 17.4 Å². The first-order chi connectivity index (χ1) is 9.60. The molecule has 1 aliphatic rings. The molecule has 1 aromatic heterocycles. The van der Waals surface area contributed by atoms with Crippen molar-refractivity contribution in [3.05, 3.63) is 22.8 Å². The standard InChI is InChI=1S/C12H16ClN5O2/c13-9-5-8(6-10(17-9)18-14)12(20)16-4-3-15-11(19)7-1-2-7/h5-7H,1-4,14H2,(H,15,19)(H,16,20)(H,17,18). The molecule has 0 bridgehead atoms. The molecule has 1 aliphatic carbocycles. The van der Waals surface area contributed by atoms with E-state index in [1.54, 1.807) is 0 Å². The summed E-state index contributed by atoms with van der Waals surface area (Å²) in [6.07, 6.45) is 1.92. The molecule has 7 nitrogen and oxygen atoms in total. The highest BCUT2D eigenvalue weighted by molar-refractivity contribution is 6.29. The summed E-state index contributed by atoms with van der Waals surface area (Å²) in [6.45, 7) is 0.754. The number of hydrogen-bond donors (Lipinski definition) is 4. The number of anilines is 1. The molecule has 1 aromatic rings. The van der Waals surface area contributed by atoms with Crippen LogP contribution >= 0.6 is 11.6 Å². The molecular formula is C12H16ClN5O2. The largest absolute Gasteiger partial charge is 0.354 e. The molecule has 5 N–H and O–H groups in total. The fourth-order valence-electron chi connectivity index (χ4n) is 1.66. The van der Waals surface area contributed by atoms with E-state index in [-0.39, 0.29) is 22.9 Å². The molecule has 2 amide bonds. The minimum atomic E-state index is -0.300. The van der Waals surface area contributed by atoms with Crippen LogP contribution in [0.3, 0.4) is 0 Å². The molecule has 0 saturated heterocycles. The minimum Gasteiger partial charge on any atom is -0.354 e. The van der Waals surface area contributed by atoms with Crippen LogP contribution in [0.1, 0.15) is 23.2 Å². The Morgan fingerprint density at radius 1 is 1.30 bits per heavy atom. The smallest absolute Gasteiger partial charge is 0.251 e. The summed E-state index contributed by atoms with van der Waals surface area (Å²) in [5, 5.41) is 5.62. The number of carbonyl (C=O) groups excluding carboxylic acids is 2. The van der Waals surface area contributed by atoms with Crippen molar-refractivity contribution >= 4 is 29.2 Å². The summed E-state index contributed by atoms with van der Waals surface area (Å²) in [4.78, 5) is 27.1. The summed E-state index contributed by atoms with van der Waals surface area (Å²) in [7, 11) is 0. The van der Waals surface area contributed by atoms with E-state index in [9.17, 15) is 9.59 Å². The molecule has 8 heteroatoms. The lowest BCUT2D eigenvalue weighted by atomic mass is 10.2. The second kappa shape index (κ2) is 6.53. The number of pyridine rings is 1. The number of nitrogen functional groups attached to an aromatic ring is 1. The van der Waals surface area contributed by atoms with Gasteiger partial charge in [0, 0.05) is 24.6 Å². The molecule has 1 saturated carbocycles. The Bertz CT molecular complexity index is 519. The number of amides is 2. The Labute approximate surface area is 121 Å². The molecular weight excluding hydrogens is 282 g/mol. The summed E-state index contributed by atoms with van der Waals surface area (Å²) >= 11 is 5.77. The van der Waals surface area contributed by atoms with Crippen molar-refractivity contribution in [3.63, 3.8) is 0 Å². The second-order valence-corrected chi connectivity index (χ2v) is 4.92. The van der Waals surface area contributed by atoms with Gasteiger partial charge in [-0.15, -0.1) is 0 Å². The van der Waals surface area contributed by atoms with Gasteiger partial charge >= 0.3 is 0 Å². The van der Waals surface area contributed by atoms with Crippen LogP contribution in [0.25, 0.3) is 0 Å². The lowest BCUT2D eigenvalue weighted by Crippen LogP contribution is -2.35. The van der Waals surface area contributed by atoms with Crippen molar-refractivity contribution in [1.82, 2.24) is 15.6 Å². The molecule has 0 spiro atoms. The second-order valence-electron chi connectivity index (χ2n) is 4.53. The molecule has 20 heavy (non-hydrogen) atoms. The van der Waals surface area contributed by atoms with Crippen LogP contribution in [0.5, 0.6) is 0 Å². The molecule has 0 aromatic carbocycles. The van der Waals surface area contributed by atoms with Gasteiger partial charge in [-0.3, -0.25) is 9.59 Å². The van der Waals surface area contributed by atoms with Crippen molar-refractivity contribution in [2.75, 3.05) is 18.5 Å². The fraction of sp³-hybridized carbons (Fsp3) is 0.417. The predicted octanol–water partition coefficient (Wildman–Crippen LogP) is 0.277. The van der Waals surface area contributed by atoms with Gasteiger partial charge in [0.05, 0.1) is 0 Å². The van der Waals surface area contributed by atoms with E-state index in [1.165, 1.54) is 12.1 Å². The average Bonchev–Trinajstić information content (AvgIpc) is 3.26. The van der Waals surface area contributed by atoms with Crippen molar-refractivity contribution in [1.29, 1.82) is 0 Å². The lowest BCUT2D eigenvalue weighted by Gasteiger charge is -2.08. The number of carbonyl (C=O) groups is 2. The quantitative estimate of drug-likeness (QED) is 0.261. The zero-order valence-electron chi connectivity index (χ0n) is 10.8. The molecule has 0 radical (unpaired) electrons. The van der Waals surface area contributed by atoms with Crippen LogP contribution in [-0.4, -0.2) is 29.9 Å². The molecule has 0 atom stereocenters. The average molecular weight is 298 g/mol. The van der Waals surface area contributed by atoms with E-state index in [0.717, 1.165) is 12.8 Å². The van der Waals surface area contributed by atoms with E-state index >= 15 is 0 Å². The van der Waals surface area contributed by atoms with Crippen LogP contribution in [-0.2, 0) is 4.79 Å².